The molecule has 2 N–H and O–H groups in total. The molecule has 0 spiro atoms. The van der Waals surface area contributed by atoms with Crippen molar-refractivity contribution in [1.82, 2.24) is 19.5 Å². The van der Waals surface area contributed by atoms with E-state index in [-0.39, 0.29) is 5.15 Å². The van der Waals surface area contributed by atoms with E-state index in [4.69, 9.17) is 32.7 Å². The smallest absolute Gasteiger partial charge is 0.303 e. The number of aliphatic hydroxyl groups excluding tert-OH is 2. The molecule has 1 fully saturated rings. The number of halogens is 2. The van der Waals surface area contributed by atoms with Crippen LogP contribution in [0.4, 0.5) is 0 Å². The number of ether oxygens (including phenoxy) is 2. The molecule has 0 unspecified atom stereocenters. The molecule has 0 aliphatic carbocycles. The monoisotopic (exact) mass is 470 g/mol. The van der Waals surface area contributed by atoms with E-state index in [0.717, 1.165) is 4.90 Å². The molecular formula is C18H16Cl2N4O5S. The Morgan fingerprint density at radius 1 is 1.30 bits per heavy atom. The molecule has 12 heteroatoms. The third-order valence-electron chi connectivity index (χ3n) is 4.47. The summed E-state index contributed by atoms with van der Waals surface area (Å²) >= 11 is 13.5. The molecule has 158 valence electrons. The van der Waals surface area contributed by atoms with Gasteiger partial charge in [-0.3, -0.25) is 9.36 Å². The summed E-state index contributed by atoms with van der Waals surface area (Å²) in [7, 11) is 0. The molecule has 2 aromatic heterocycles. The minimum Gasteiger partial charge on any atom is -0.455 e. The zero-order chi connectivity index (χ0) is 21.4. The number of esters is 1. The third kappa shape index (κ3) is 3.98. The van der Waals surface area contributed by atoms with Crippen molar-refractivity contribution >= 4 is 52.1 Å². The van der Waals surface area contributed by atoms with Gasteiger partial charge in [-0.25, -0.2) is 15.0 Å². The maximum atomic E-state index is 11.6. The number of hydrogen-bond donors (Lipinski definition) is 2. The van der Waals surface area contributed by atoms with E-state index in [0.29, 0.717) is 21.3 Å². The molecule has 4 atom stereocenters. The lowest BCUT2D eigenvalue weighted by molar-refractivity contribution is -0.156. The van der Waals surface area contributed by atoms with Crippen LogP contribution in [0.2, 0.25) is 10.2 Å². The van der Waals surface area contributed by atoms with Gasteiger partial charge in [-0.15, -0.1) is 0 Å². The topological polar surface area (TPSA) is 120 Å². The van der Waals surface area contributed by atoms with Gasteiger partial charge in [0.25, 0.3) is 0 Å². The second-order valence-electron chi connectivity index (χ2n) is 6.47. The lowest BCUT2D eigenvalue weighted by Gasteiger charge is -2.22. The Morgan fingerprint density at radius 2 is 2.03 bits per heavy atom. The Labute approximate surface area is 185 Å². The molecule has 4 rings (SSSR count). The molecule has 1 saturated heterocycles. The molecule has 3 aromatic rings. The standard InChI is InChI=1S/C18H16Cl2N4O5S/c1-8(26)28-14-13(27)11(6-25)29-17(14)24-16-12(15(20)21-7-22-16)23-18(24)30-10-4-2-9(19)3-5-10/h2-5,7,11,13-14,17,25,27H,6H2,1H3/t11-,13-,14-,17-/m1/s1. The normalized spacial score (nSPS) is 23.8. The lowest BCUT2D eigenvalue weighted by Crippen LogP contribution is -2.36. The van der Waals surface area contributed by atoms with Crippen LogP contribution < -0.4 is 0 Å². The molecular weight excluding hydrogens is 455 g/mol. The van der Waals surface area contributed by atoms with E-state index in [2.05, 4.69) is 15.0 Å². The van der Waals surface area contributed by atoms with Crippen LogP contribution in [0.25, 0.3) is 11.2 Å². The molecule has 0 radical (unpaired) electrons. The summed E-state index contributed by atoms with van der Waals surface area (Å²) in [4.78, 5) is 25.2. The first kappa shape index (κ1) is 21.3. The van der Waals surface area contributed by atoms with Gasteiger partial charge in [0.15, 0.2) is 28.3 Å². The van der Waals surface area contributed by atoms with E-state index in [1.165, 1.54) is 25.0 Å². The van der Waals surface area contributed by atoms with Crippen LogP contribution in [-0.2, 0) is 14.3 Å². The SMILES string of the molecule is CC(=O)O[C@@H]1[C@H](O)[C@@H](CO)O[C@H]1n1c(Sc2ccc(Cl)cc2)nc2c(Cl)ncnc21. The van der Waals surface area contributed by atoms with Gasteiger partial charge in [0.1, 0.15) is 24.1 Å². The number of nitrogens with zero attached hydrogens (tertiary/aromatic N) is 4. The maximum Gasteiger partial charge on any atom is 0.303 e. The van der Waals surface area contributed by atoms with Crippen molar-refractivity contribution in [1.29, 1.82) is 0 Å². The molecule has 0 saturated carbocycles. The van der Waals surface area contributed by atoms with Crippen molar-refractivity contribution < 1.29 is 24.5 Å². The summed E-state index contributed by atoms with van der Waals surface area (Å²) < 4.78 is 12.7. The minimum atomic E-state index is -1.24. The summed E-state index contributed by atoms with van der Waals surface area (Å²) in [5, 5.41) is 21.2. The van der Waals surface area contributed by atoms with Gasteiger partial charge in [0.2, 0.25) is 0 Å². The fourth-order valence-electron chi connectivity index (χ4n) is 3.17. The van der Waals surface area contributed by atoms with Gasteiger partial charge < -0.3 is 19.7 Å². The average Bonchev–Trinajstić information content (AvgIpc) is 3.22. The average molecular weight is 471 g/mol. The lowest BCUT2D eigenvalue weighted by atomic mass is 10.1. The molecule has 1 aliphatic rings. The Morgan fingerprint density at radius 3 is 2.70 bits per heavy atom. The highest BCUT2D eigenvalue weighted by Crippen LogP contribution is 2.39. The van der Waals surface area contributed by atoms with Crippen molar-refractivity contribution in [2.45, 2.75) is 41.5 Å². The van der Waals surface area contributed by atoms with Gasteiger partial charge in [0, 0.05) is 16.8 Å². The number of benzene rings is 1. The van der Waals surface area contributed by atoms with Crippen molar-refractivity contribution in [3.63, 3.8) is 0 Å². The largest absolute Gasteiger partial charge is 0.455 e. The highest BCUT2D eigenvalue weighted by Gasteiger charge is 2.48. The second-order valence-corrected chi connectivity index (χ2v) is 8.30. The first-order valence-electron chi connectivity index (χ1n) is 8.82. The highest BCUT2D eigenvalue weighted by molar-refractivity contribution is 7.99. The Hall–Kier alpha value is -1.95. The van der Waals surface area contributed by atoms with Crippen LogP contribution in [0.15, 0.2) is 40.6 Å². The van der Waals surface area contributed by atoms with Crippen LogP contribution >= 0.6 is 35.0 Å². The molecule has 1 aromatic carbocycles. The first-order valence-corrected chi connectivity index (χ1v) is 10.4. The molecule has 9 nitrogen and oxygen atoms in total. The van der Waals surface area contributed by atoms with Crippen LogP contribution in [0, 0.1) is 0 Å². The van der Waals surface area contributed by atoms with E-state index in [1.54, 1.807) is 16.7 Å². The number of aromatic nitrogens is 4. The van der Waals surface area contributed by atoms with Gasteiger partial charge in [0.05, 0.1) is 6.61 Å². The Bertz CT molecular complexity index is 1080. The maximum absolute atomic E-state index is 11.6. The predicted octanol–water partition coefficient (Wildman–Crippen LogP) is 2.47. The Balaban J connectivity index is 1.84. The van der Waals surface area contributed by atoms with Crippen LogP contribution in [-0.4, -0.2) is 60.6 Å². The molecule has 1 aliphatic heterocycles. The van der Waals surface area contributed by atoms with Crippen LogP contribution in [0.5, 0.6) is 0 Å². The first-order chi connectivity index (χ1) is 14.4. The molecule has 0 amide bonds. The van der Waals surface area contributed by atoms with Gasteiger partial charge in [-0.1, -0.05) is 35.0 Å². The number of aliphatic hydroxyl groups is 2. The van der Waals surface area contributed by atoms with Crippen LogP contribution in [0.3, 0.4) is 0 Å². The number of fused-ring (bicyclic) bond motifs is 1. The number of hydrogen-bond acceptors (Lipinski definition) is 9. The number of rotatable bonds is 5. The summed E-state index contributed by atoms with van der Waals surface area (Å²) in [5.74, 6) is -0.602. The quantitative estimate of drug-likeness (QED) is 0.427. The van der Waals surface area contributed by atoms with E-state index in [1.807, 2.05) is 12.1 Å². The number of imidazole rings is 1. The Kier molecular flexibility index (Phi) is 6.14. The zero-order valence-electron chi connectivity index (χ0n) is 15.5. The highest BCUT2D eigenvalue weighted by atomic mass is 35.5. The van der Waals surface area contributed by atoms with Crippen LogP contribution in [0.1, 0.15) is 13.2 Å². The third-order valence-corrected chi connectivity index (χ3v) is 5.98. The van der Waals surface area contributed by atoms with Crippen molar-refractivity contribution in [2.75, 3.05) is 6.61 Å². The van der Waals surface area contributed by atoms with Crippen molar-refractivity contribution in [2.24, 2.45) is 0 Å². The fraction of sp³-hybridized carbons (Fsp3) is 0.333. The van der Waals surface area contributed by atoms with Crippen molar-refractivity contribution in [3.8, 4) is 0 Å². The number of carbonyl (C=O) groups excluding carboxylic acids is 1. The minimum absolute atomic E-state index is 0.137. The molecule has 0 bridgehead atoms. The van der Waals surface area contributed by atoms with Gasteiger partial charge in [-0.2, -0.15) is 0 Å². The zero-order valence-corrected chi connectivity index (χ0v) is 17.8. The van der Waals surface area contributed by atoms with Crippen molar-refractivity contribution in [3.05, 3.63) is 40.8 Å². The molecule has 30 heavy (non-hydrogen) atoms. The predicted molar refractivity (Wildman–Crippen MR) is 108 cm³/mol. The van der Waals surface area contributed by atoms with Gasteiger partial charge >= 0.3 is 5.97 Å². The molecule has 3 heterocycles. The second kappa shape index (κ2) is 8.66. The summed E-state index contributed by atoms with van der Waals surface area (Å²) in [5.41, 5.74) is 0.655. The van der Waals surface area contributed by atoms with E-state index in [9.17, 15) is 15.0 Å². The summed E-state index contributed by atoms with van der Waals surface area (Å²) in [6.07, 6.45) is -3.01. The summed E-state index contributed by atoms with van der Waals surface area (Å²) in [6, 6.07) is 7.11. The van der Waals surface area contributed by atoms with E-state index >= 15 is 0 Å². The summed E-state index contributed by atoms with van der Waals surface area (Å²) in [6.45, 7) is 0.766. The van der Waals surface area contributed by atoms with E-state index < -0.39 is 37.1 Å². The van der Waals surface area contributed by atoms with Gasteiger partial charge in [-0.05, 0) is 24.3 Å². The fourth-order valence-corrected chi connectivity index (χ4v) is 4.37. The number of carbonyl (C=O) groups is 1.